The van der Waals surface area contributed by atoms with Gasteiger partial charge in [0, 0.05) is 11.6 Å². The summed E-state index contributed by atoms with van der Waals surface area (Å²) in [4.78, 5) is 10.9. The zero-order valence-electron chi connectivity index (χ0n) is 18.0. The van der Waals surface area contributed by atoms with E-state index >= 15 is 0 Å². The molecule has 1 aliphatic heterocycles. The minimum absolute atomic E-state index is 0.00339. The fourth-order valence-electron chi connectivity index (χ4n) is 4.20. The monoisotopic (exact) mass is 460 g/mol. The molecular formula is C26H25ClN4O2. The van der Waals surface area contributed by atoms with Gasteiger partial charge in [0.15, 0.2) is 0 Å². The van der Waals surface area contributed by atoms with E-state index in [1.165, 1.54) is 0 Å². The third kappa shape index (κ3) is 5.46. The number of hydrogen-bond acceptors (Lipinski definition) is 5. The van der Waals surface area contributed by atoms with E-state index in [-0.39, 0.29) is 18.5 Å². The molecule has 168 valence electrons. The maximum Gasteiger partial charge on any atom is 0.307 e. The topological polar surface area (TPSA) is 97.2 Å². The molecule has 3 aromatic carbocycles. The van der Waals surface area contributed by atoms with Crippen LogP contribution in [0.25, 0.3) is 0 Å². The molecule has 2 atom stereocenters. The Kier molecular flexibility index (Phi) is 7.13. The van der Waals surface area contributed by atoms with Crippen LogP contribution in [0.4, 0.5) is 11.4 Å². The zero-order valence-corrected chi connectivity index (χ0v) is 18.8. The van der Waals surface area contributed by atoms with Gasteiger partial charge in [0.25, 0.3) is 0 Å². The molecule has 7 heteroatoms. The van der Waals surface area contributed by atoms with Crippen LogP contribution in [0.2, 0.25) is 5.02 Å². The van der Waals surface area contributed by atoms with Crippen LogP contribution in [0.3, 0.4) is 0 Å². The first-order valence-corrected chi connectivity index (χ1v) is 11.2. The van der Waals surface area contributed by atoms with Gasteiger partial charge in [0.05, 0.1) is 35.4 Å². The van der Waals surface area contributed by atoms with E-state index in [4.69, 9.17) is 16.7 Å². The summed E-state index contributed by atoms with van der Waals surface area (Å²) in [6.45, 7) is 1.39. The maximum absolute atomic E-state index is 10.9. The Hall–Kier alpha value is -3.53. The van der Waals surface area contributed by atoms with Crippen LogP contribution >= 0.6 is 11.6 Å². The molecule has 0 saturated heterocycles. The standard InChI is InChI=1S/C26H25ClN4O2/c27-21-13-17(14-24(32)33)9-10-18(21)11-12-29-25(19-5-2-1-3-6-19)23-16-30-22-8-4-7-20(15-28)26(22)31-23/h1-10,13,23,25,29-31H,11-12,14,16H2,(H,32,33)/t23-,25-/m1/s1. The predicted molar refractivity (Wildman–Crippen MR) is 131 cm³/mol. The van der Waals surface area contributed by atoms with Crippen LogP contribution in [-0.4, -0.2) is 30.2 Å². The molecule has 0 aromatic heterocycles. The normalized spacial score (nSPS) is 15.5. The summed E-state index contributed by atoms with van der Waals surface area (Å²) in [5, 5.41) is 29.8. The van der Waals surface area contributed by atoms with Crippen LogP contribution in [0, 0.1) is 11.3 Å². The summed E-state index contributed by atoms with van der Waals surface area (Å²) in [5.41, 5.74) is 5.19. The molecule has 33 heavy (non-hydrogen) atoms. The molecule has 1 heterocycles. The molecule has 1 aliphatic rings. The highest BCUT2D eigenvalue weighted by Crippen LogP contribution is 2.33. The van der Waals surface area contributed by atoms with Crippen molar-refractivity contribution in [2.24, 2.45) is 0 Å². The Morgan fingerprint density at radius 1 is 1.18 bits per heavy atom. The van der Waals surface area contributed by atoms with Crippen molar-refractivity contribution in [2.45, 2.75) is 24.9 Å². The quantitative estimate of drug-likeness (QED) is 0.391. The number of nitriles is 1. The molecule has 0 bridgehead atoms. The van der Waals surface area contributed by atoms with Crippen molar-refractivity contribution >= 4 is 28.9 Å². The lowest BCUT2D eigenvalue weighted by molar-refractivity contribution is -0.136. The largest absolute Gasteiger partial charge is 0.481 e. The number of carbonyl (C=O) groups is 1. The van der Waals surface area contributed by atoms with Crippen molar-refractivity contribution in [1.29, 1.82) is 5.26 Å². The third-order valence-corrected chi connectivity index (χ3v) is 6.17. The Morgan fingerprint density at radius 2 is 2.00 bits per heavy atom. The summed E-state index contributed by atoms with van der Waals surface area (Å²) < 4.78 is 0. The van der Waals surface area contributed by atoms with Crippen molar-refractivity contribution in [2.75, 3.05) is 23.7 Å². The number of para-hydroxylation sites is 1. The van der Waals surface area contributed by atoms with E-state index in [1.54, 1.807) is 6.07 Å². The minimum Gasteiger partial charge on any atom is -0.481 e. The number of nitrogens with zero attached hydrogens (tertiary/aromatic N) is 1. The maximum atomic E-state index is 10.9. The van der Waals surface area contributed by atoms with Crippen molar-refractivity contribution in [3.05, 3.63) is 94.0 Å². The Labute approximate surface area is 198 Å². The fourth-order valence-corrected chi connectivity index (χ4v) is 4.50. The highest BCUT2D eigenvalue weighted by atomic mass is 35.5. The van der Waals surface area contributed by atoms with Gasteiger partial charge in [-0.05, 0) is 47.9 Å². The summed E-state index contributed by atoms with van der Waals surface area (Å²) in [6, 6.07) is 23.6. The molecule has 0 amide bonds. The molecule has 0 radical (unpaired) electrons. The molecular weight excluding hydrogens is 436 g/mol. The van der Waals surface area contributed by atoms with Gasteiger partial charge in [-0.2, -0.15) is 5.26 Å². The van der Waals surface area contributed by atoms with Crippen molar-refractivity contribution in [3.8, 4) is 6.07 Å². The van der Waals surface area contributed by atoms with Gasteiger partial charge < -0.3 is 21.1 Å². The van der Waals surface area contributed by atoms with Gasteiger partial charge in [-0.3, -0.25) is 4.79 Å². The summed E-state index contributed by atoms with van der Waals surface area (Å²) in [5.74, 6) is -0.874. The Morgan fingerprint density at radius 3 is 2.73 bits per heavy atom. The molecule has 0 aliphatic carbocycles. The minimum atomic E-state index is -0.874. The van der Waals surface area contributed by atoms with E-state index in [0.29, 0.717) is 35.7 Å². The van der Waals surface area contributed by atoms with Crippen molar-refractivity contribution < 1.29 is 9.90 Å². The SMILES string of the molecule is N#Cc1cccc2c1N[C@@H]([C@H](NCCc1ccc(CC(=O)O)cc1Cl)c1ccccc1)CN2. The lowest BCUT2D eigenvalue weighted by atomic mass is 9.96. The fraction of sp³-hybridized carbons (Fsp3) is 0.231. The van der Waals surface area contributed by atoms with E-state index in [9.17, 15) is 10.1 Å². The number of rotatable bonds is 8. The molecule has 0 spiro atoms. The average Bonchev–Trinajstić information content (AvgIpc) is 2.82. The predicted octanol–water partition coefficient (Wildman–Crippen LogP) is 4.62. The van der Waals surface area contributed by atoms with Crippen LogP contribution < -0.4 is 16.0 Å². The number of halogens is 1. The molecule has 3 aromatic rings. The number of hydrogen-bond donors (Lipinski definition) is 4. The Bertz CT molecular complexity index is 1180. The number of benzene rings is 3. The van der Waals surface area contributed by atoms with Crippen molar-refractivity contribution in [3.63, 3.8) is 0 Å². The van der Waals surface area contributed by atoms with Crippen molar-refractivity contribution in [1.82, 2.24) is 5.32 Å². The van der Waals surface area contributed by atoms with E-state index in [2.05, 4.69) is 34.2 Å². The molecule has 4 rings (SSSR count). The molecule has 6 nitrogen and oxygen atoms in total. The van der Waals surface area contributed by atoms with Crippen LogP contribution in [0.5, 0.6) is 0 Å². The van der Waals surface area contributed by atoms with Gasteiger partial charge in [0.2, 0.25) is 0 Å². The Balaban J connectivity index is 1.49. The average molecular weight is 461 g/mol. The van der Waals surface area contributed by atoms with Gasteiger partial charge in [-0.1, -0.05) is 60.1 Å². The van der Waals surface area contributed by atoms with Crippen LogP contribution in [0.1, 0.15) is 28.3 Å². The molecule has 4 N–H and O–H groups in total. The zero-order chi connectivity index (χ0) is 23.2. The van der Waals surface area contributed by atoms with Gasteiger partial charge in [-0.15, -0.1) is 0 Å². The summed E-state index contributed by atoms with van der Waals surface area (Å²) in [6.07, 6.45) is 0.663. The van der Waals surface area contributed by atoms with E-state index in [1.807, 2.05) is 48.5 Å². The lowest BCUT2D eigenvalue weighted by Crippen LogP contribution is -2.44. The number of carboxylic acid groups (broad SMARTS) is 1. The van der Waals surface area contributed by atoms with Gasteiger partial charge in [0.1, 0.15) is 6.07 Å². The highest BCUT2D eigenvalue weighted by molar-refractivity contribution is 6.31. The van der Waals surface area contributed by atoms with Gasteiger partial charge in [-0.25, -0.2) is 0 Å². The van der Waals surface area contributed by atoms with Gasteiger partial charge >= 0.3 is 5.97 Å². The molecule has 0 saturated carbocycles. The smallest absolute Gasteiger partial charge is 0.307 e. The second-order valence-electron chi connectivity index (χ2n) is 8.06. The summed E-state index contributed by atoms with van der Waals surface area (Å²) in [7, 11) is 0. The van der Waals surface area contributed by atoms with E-state index in [0.717, 1.165) is 22.5 Å². The number of aliphatic carboxylic acids is 1. The first-order valence-electron chi connectivity index (χ1n) is 10.9. The second-order valence-corrected chi connectivity index (χ2v) is 8.47. The molecule has 0 fully saturated rings. The first-order chi connectivity index (χ1) is 16.0. The summed E-state index contributed by atoms with van der Waals surface area (Å²) >= 11 is 6.41. The van der Waals surface area contributed by atoms with Crippen LogP contribution in [-0.2, 0) is 17.6 Å². The lowest BCUT2D eigenvalue weighted by Gasteiger charge is -2.35. The third-order valence-electron chi connectivity index (χ3n) is 5.82. The number of nitrogens with one attached hydrogen (secondary N) is 3. The number of anilines is 2. The number of fused-ring (bicyclic) bond motifs is 1. The second kappa shape index (κ2) is 10.4. The molecule has 0 unspecified atom stereocenters. The first kappa shape index (κ1) is 22.7. The van der Waals surface area contributed by atoms with Crippen LogP contribution in [0.15, 0.2) is 66.7 Å². The highest BCUT2D eigenvalue weighted by Gasteiger charge is 2.28. The van der Waals surface area contributed by atoms with E-state index < -0.39 is 5.97 Å². The number of carboxylic acids is 1.